The summed E-state index contributed by atoms with van der Waals surface area (Å²) in [5.74, 6) is 0.228. The number of benzene rings is 1. The highest BCUT2D eigenvalue weighted by atomic mass is 16.5. The van der Waals surface area contributed by atoms with Gasteiger partial charge in [-0.1, -0.05) is 12.1 Å². The molecule has 0 aliphatic rings. The number of ether oxygens (including phenoxy) is 2. The van der Waals surface area contributed by atoms with Gasteiger partial charge in [0.1, 0.15) is 5.75 Å². The van der Waals surface area contributed by atoms with Crippen molar-refractivity contribution in [3.8, 4) is 17.7 Å². The molecule has 2 rings (SSSR count). The third-order valence-corrected chi connectivity index (χ3v) is 2.74. The van der Waals surface area contributed by atoms with Gasteiger partial charge in [0, 0.05) is 6.07 Å². The standard InChI is InChI=1S/C15H13N3O3/c1-20-15(19)12-8-14(18-9-13(12)17)21-11-4-2-10(3-5-11)6-7-16/h2-5,8-9H,6,17H2,1H3. The Bertz CT molecular complexity index is 690. The molecule has 0 atom stereocenters. The second kappa shape index (κ2) is 6.39. The molecule has 0 aliphatic heterocycles. The summed E-state index contributed by atoms with van der Waals surface area (Å²) >= 11 is 0. The average Bonchev–Trinajstić information content (AvgIpc) is 2.50. The molecule has 0 amide bonds. The molecule has 0 saturated heterocycles. The Morgan fingerprint density at radius 2 is 2.10 bits per heavy atom. The van der Waals surface area contributed by atoms with E-state index < -0.39 is 5.97 Å². The van der Waals surface area contributed by atoms with Crippen molar-refractivity contribution in [1.82, 2.24) is 4.98 Å². The van der Waals surface area contributed by atoms with Crippen LogP contribution in [0.5, 0.6) is 11.6 Å². The first-order chi connectivity index (χ1) is 10.1. The van der Waals surface area contributed by atoms with Crippen LogP contribution in [0.15, 0.2) is 36.5 Å². The highest BCUT2D eigenvalue weighted by Gasteiger charge is 2.12. The number of nitrogens with zero attached hydrogens (tertiary/aromatic N) is 2. The number of nitrogens with two attached hydrogens (primary N) is 1. The van der Waals surface area contributed by atoms with E-state index in [1.807, 2.05) is 0 Å². The highest BCUT2D eigenvalue weighted by molar-refractivity contribution is 5.95. The molecule has 0 spiro atoms. The molecule has 0 fully saturated rings. The van der Waals surface area contributed by atoms with Crippen molar-refractivity contribution in [2.75, 3.05) is 12.8 Å². The van der Waals surface area contributed by atoms with Crippen molar-refractivity contribution >= 4 is 11.7 Å². The molecule has 2 N–H and O–H groups in total. The van der Waals surface area contributed by atoms with Crippen LogP contribution in [-0.2, 0) is 11.2 Å². The van der Waals surface area contributed by atoms with Crippen LogP contribution < -0.4 is 10.5 Å². The molecule has 0 bridgehead atoms. The topological polar surface area (TPSA) is 98.2 Å². The number of rotatable bonds is 4. The second-order valence-electron chi connectivity index (χ2n) is 4.18. The fourth-order valence-corrected chi connectivity index (χ4v) is 1.68. The number of hydrogen-bond acceptors (Lipinski definition) is 6. The van der Waals surface area contributed by atoms with Crippen molar-refractivity contribution in [3.05, 3.63) is 47.7 Å². The lowest BCUT2D eigenvalue weighted by Crippen LogP contribution is -2.06. The first kappa shape index (κ1) is 14.3. The van der Waals surface area contributed by atoms with Gasteiger partial charge in [0.15, 0.2) is 0 Å². The Labute approximate surface area is 121 Å². The van der Waals surface area contributed by atoms with E-state index >= 15 is 0 Å². The van der Waals surface area contributed by atoms with Crippen LogP contribution in [0.2, 0.25) is 0 Å². The molecule has 21 heavy (non-hydrogen) atoms. The molecule has 0 saturated carbocycles. The predicted molar refractivity (Wildman–Crippen MR) is 75.8 cm³/mol. The molecule has 0 radical (unpaired) electrons. The molecule has 6 nitrogen and oxygen atoms in total. The number of nitriles is 1. The summed E-state index contributed by atoms with van der Waals surface area (Å²) in [6, 6.07) is 10.5. The quantitative estimate of drug-likeness (QED) is 0.864. The van der Waals surface area contributed by atoms with E-state index in [0.717, 1.165) is 5.56 Å². The maximum absolute atomic E-state index is 11.5. The number of methoxy groups -OCH3 is 1. The Morgan fingerprint density at radius 3 is 2.71 bits per heavy atom. The lowest BCUT2D eigenvalue weighted by molar-refractivity contribution is 0.0601. The van der Waals surface area contributed by atoms with Gasteiger partial charge >= 0.3 is 5.97 Å². The molecule has 0 unspecified atom stereocenters. The number of carbonyl (C=O) groups is 1. The van der Waals surface area contributed by atoms with Crippen LogP contribution in [0, 0.1) is 11.3 Å². The maximum Gasteiger partial charge on any atom is 0.340 e. The van der Waals surface area contributed by atoms with Crippen LogP contribution in [0.3, 0.4) is 0 Å². The van der Waals surface area contributed by atoms with Gasteiger partial charge in [-0.2, -0.15) is 5.26 Å². The second-order valence-corrected chi connectivity index (χ2v) is 4.18. The van der Waals surface area contributed by atoms with Gasteiger partial charge in [0.2, 0.25) is 5.88 Å². The predicted octanol–water partition coefficient (Wildman–Crippen LogP) is 2.31. The summed E-state index contributed by atoms with van der Waals surface area (Å²) in [4.78, 5) is 15.5. The van der Waals surface area contributed by atoms with Gasteiger partial charge in [-0.25, -0.2) is 9.78 Å². The van der Waals surface area contributed by atoms with Gasteiger partial charge in [-0.3, -0.25) is 0 Å². The van der Waals surface area contributed by atoms with E-state index in [1.54, 1.807) is 24.3 Å². The van der Waals surface area contributed by atoms with Gasteiger partial charge in [-0.15, -0.1) is 0 Å². The van der Waals surface area contributed by atoms with Crippen molar-refractivity contribution in [3.63, 3.8) is 0 Å². The smallest absolute Gasteiger partial charge is 0.340 e. The van der Waals surface area contributed by atoms with Gasteiger partial charge in [-0.05, 0) is 17.7 Å². The summed E-state index contributed by atoms with van der Waals surface area (Å²) in [6.07, 6.45) is 1.68. The van der Waals surface area contributed by atoms with E-state index in [0.29, 0.717) is 12.2 Å². The van der Waals surface area contributed by atoms with E-state index in [4.69, 9.17) is 15.7 Å². The Morgan fingerprint density at radius 1 is 1.38 bits per heavy atom. The van der Waals surface area contributed by atoms with Crippen molar-refractivity contribution in [1.29, 1.82) is 5.26 Å². The van der Waals surface area contributed by atoms with Crippen LogP contribution in [0.25, 0.3) is 0 Å². The summed E-state index contributed by atoms with van der Waals surface area (Å²) in [6.45, 7) is 0. The molecule has 1 heterocycles. The molecular formula is C15H13N3O3. The molecular weight excluding hydrogens is 270 g/mol. The van der Waals surface area contributed by atoms with Crippen LogP contribution >= 0.6 is 0 Å². The zero-order chi connectivity index (χ0) is 15.2. The molecule has 0 aliphatic carbocycles. The highest BCUT2D eigenvalue weighted by Crippen LogP contribution is 2.23. The lowest BCUT2D eigenvalue weighted by atomic mass is 10.2. The van der Waals surface area contributed by atoms with Crippen molar-refractivity contribution < 1.29 is 14.3 Å². The van der Waals surface area contributed by atoms with E-state index in [-0.39, 0.29) is 17.1 Å². The normalized spacial score (nSPS) is 9.71. The van der Waals surface area contributed by atoms with E-state index in [9.17, 15) is 4.79 Å². The molecule has 6 heteroatoms. The largest absolute Gasteiger partial charge is 0.465 e. The van der Waals surface area contributed by atoms with Gasteiger partial charge < -0.3 is 15.2 Å². The first-order valence-electron chi connectivity index (χ1n) is 6.11. The number of aromatic nitrogens is 1. The Balaban J connectivity index is 2.20. The monoisotopic (exact) mass is 283 g/mol. The number of carbonyl (C=O) groups excluding carboxylic acids is 1. The van der Waals surface area contributed by atoms with Crippen molar-refractivity contribution in [2.45, 2.75) is 6.42 Å². The zero-order valence-corrected chi connectivity index (χ0v) is 11.4. The third kappa shape index (κ3) is 3.48. The van der Waals surface area contributed by atoms with Crippen LogP contribution in [0.4, 0.5) is 5.69 Å². The first-order valence-corrected chi connectivity index (χ1v) is 6.11. The average molecular weight is 283 g/mol. The fraction of sp³-hybridized carbons (Fsp3) is 0.133. The Kier molecular flexibility index (Phi) is 4.36. The summed E-state index contributed by atoms with van der Waals surface area (Å²) < 4.78 is 10.2. The minimum atomic E-state index is -0.552. The minimum absolute atomic E-state index is 0.198. The maximum atomic E-state index is 11.5. The minimum Gasteiger partial charge on any atom is -0.465 e. The summed E-state index contributed by atoms with van der Waals surface area (Å²) in [5, 5.41) is 8.61. The summed E-state index contributed by atoms with van der Waals surface area (Å²) in [7, 11) is 1.27. The lowest BCUT2D eigenvalue weighted by Gasteiger charge is -2.08. The fourth-order valence-electron chi connectivity index (χ4n) is 1.68. The van der Waals surface area contributed by atoms with Crippen LogP contribution in [0.1, 0.15) is 15.9 Å². The number of nitrogen functional groups attached to an aromatic ring is 1. The van der Waals surface area contributed by atoms with Gasteiger partial charge in [0.25, 0.3) is 0 Å². The van der Waals surface area contributed by atoms with Crippen LogP contribution in [-0.4, -0.2) is 18.1 Å². The molecule has 106 valence electrons. The zero-order valence-electron chi connectivity index (χ0n) is 11.4. The third-order valence-electron chi connectivity index (χ3n) is 2.74. The van der Waals surface area contributed by atoms with Crippen molar-refractivity contribution in [2.24, 2.45) is 0 Å². The van der Waals surface area contributed by atoms with E-state index in [1.165, 1.54) is 19.4 Å². The molecule has 2 aromatic rings. The number of hydrogen-bond donors (Lipinski definition) is 1. The van der Waals surface area contributed by atoms with E-state index in [2.05, 4.69) is 15.8 Å². The SMILES string of the molecule is COC(=O)c1cc(Oc2ccc(CC#N)cc2)ncc1N. The van der Waals surface area contributed by atoms with Gasteiger partial charge in [0.05, 0.1) is 37.0 Å². The molecule has 1 aromatic heterocycles. The number of pyridine rings is 1. The molecule has 1 aromatic carbocycles. The Hall–Kier alpha value is -3.07. The number of anilines is 1. The summed E-state index contributed by atoms with van der Waals surface area (Å²) in [5.41, 5.74) is 6.98. The number of esters is 1.